The van der Waals surface area contributed by atoms with Crippen LogP contribution in [-0.2, 0) is 12.7 Å². The smallest absolute Gasteiger partial charge is 0.416 e. The van der Waals surface area contributed by atoms with E-state index < -0.39 is 34.9 Å². The first kappa shape index (κ1) is 20.3. The summed E-state index contributed by atoms with van der Waals surface area (Å²) in [6.07, 6.45) is -3.40. The molecule has 0 spiro atoms. The number of nitrogens with zero attached hydrogens (tertiary/aromatic N) is 1. The van der Waals surface area contributed by atoms with Crippen molar-refractivity contribution in [3.8, 4) is 11.5 Å². The quantitative estimate of drug-likeness (QED) is 0.453. The SMILES string of the molecule is Fc1cc(Oc2c(F)cc(C(F)(F)F)cc2F)ccc1NCc1cnc(Cl)s1. The molecule has 1 aromatic heterocycles. The van der Waals surface area contributed by atoms with E-state index in [-0.39, 0.29) is 30.1 Å². The van der Waals surface area contributed by atoms with Crippen LogP contribution in [0.3, 0.4) is 0 Å². The van der Waals surface area contributed by atoms with Crippen molar-refractivity contribution >= 4 is 28.6 Å². The topological polar surface area (TPSA) is 34.1 Å². The highest BCUT2D eigenvalue weighted by Gasteiger charge is 2.33. The molecule has 0 bridgehead atoms. The number of ether oxygens (including phenoxy) is 1. The van der Waals surface area contributed by atoms with Crippen molar-refractivity contribution in [2.24, 2.45) is 0 Å². The maximum atomic E-state index is 14.2. The van der Waals surface area contributed by atoms with E-state index >= 15 is 0 Å². The molecule has 0 unspecified atom stereocenters. The first-order chi connectivity index (χ1) is 13.1. The highest BCUT2D eigenvalue weighted by molar-refractivity contribution is 7.15. The number of rotatable bonds is 5. The predicted octanol–water partition coefficient (Wildman–Crippen LogP) is 6.64. The Labute approximate surface area is 163 Å². The lowest BCUT2D eigenvalue weighted by Gasteiger charge is -2.13. The van der Waals surface area contributed by atoms with Crippen LogP contribution in [0.4, 0.5) is 32.0 Å². The van der Waals surface area contributed by atoms with Crippen LogP contribution in [0.2, 0.25) is 4.47 Å². The fourth-order valence-corrected chi connectivity index (χ4v) is 3.11. The third-order valence-electron chi connectivity index (χ3n) is 3.46. The number of benzene rings is 2. The van der Waals surface area contributed by atoms with Gasteiger partial charge in [0.05, 0.1) is 17.8 Å². The normalized spacial score (nSPS) is 11.5. The van der Waals surface area contributed by atoms with Crippen LogP contribution in [0.5, 0.6) is 11.5 Å². The van der Waals surface area contributed by atoms with Crippen LogP contribution in [0.15, 0.2) is 36.5 Å². The average molecular weight is 439 g/mol. The van der Waals surface area contributed by atoms with E-state index in [1.54, 1.807) is 0 Å². The number of alkyl halides is 3. The summed E-state index contributed by atoms with van der Waals surface area (Å²) >= 11 is 6.90. The van der Waals surface area contributed by atoms with Crippen LogP contribution in [0, 0.1) is 17.5 Å². The zero-order chi connectivity index (χ0) is 20.5. The van der Waals surface area contributed by atoms with E-state index in [0.29, 0.717) is 4.47 Å². The summed E-state index contributed by atoms with van der Waals surface area (Å²) in [5, 5.41) is 2.79. The number of halogens is 7. The van der Waals surface area contributed by atoms with Gasteiger partial charge in [-0.1, -0.05) is 11.6 Å². The Kier molecular flexibility index (Phi) is 5.71. The molecular weight excluding hydrogens is 430 g/mol. The minimum absolute atomic E-state index is 0.0743. The van der Waals surface area contributed by atoms with Gasteiger partial charge in [0.15, 0.2) is 21.9 Å². The van der Waals surface area contributed by atoms with E-state index in [1.807, 2.05) is 0 Å². The van der Waals surface area contributed by atoms with E-state index in [4.69, 9.17) is 16.3 Å². The van der Waals surface area contributed by atoms with Crippen molar-refractivity contribution in [3.05, 3.63) is 68.9 Å². The molecule has 0 fully saturated rings. The molecule has 3 aromatic rings. The van der Waals surface area contributed by atoms with Gasteiger partial charge in [-0.25, -0.2) is 18.2 Å². The number of aromatic nitrogens is 1. The van der Waals surface area contributed by atoms with Crippen molar-refractivity contribution in [1.29, 1.82) is 0 Å². The highest BCUT2D eigenvalue weighted by Crippen LogP contribution is 2.36. The molecule has 0 radical (unpaired) electrons. The lowest BCUT2D eigenvalue weighted by molar-refractivity contribution is -0.138. The second-order valence-electron chi connectivity index (χ2n) is 5.44. The fraction of sp³-hybridized carbons (Fsp3) is 0.118. The summed E-state index contributed by atoms with van der Waals surface area (Å²) in [7, 11) is 0. The van der Waals surface area contributed by atoms with E-state index in [0.717, 1.165) is 10.9 Å². The summed E-state index contributed by atoms with van der Waals surface area (Å²) < 4.78 is 84.7. The first-order valence-corrected chi connectivity index (χ1v) is 8.70. The lowest BCUT2D eigenvalue weighted by Crippen LogP contribution is -2.07. The van der Waals surface area contributed by atoms with E-state index in [9.17, 15) is 26.3 Å². The zero-order valence-electron chi connectivity index (χ0n) is 13.6. The monoisotopic (exact) mass is 438 g/mol. The molecule has 3 nitrogen and oxygen atoms in total. The number of hydrogen-bond acceptors (Lipinski definition) is 4. The standard InChI is InChI=1S/C17H9ClF6N2OS/c18-16-26-7-10(28-16)6-25-14-2-1-9(5-11(14)19)27-15-12(20)3-8(4-13(15)21)17(22,23)24/h1-5,7,25H,6H2. The van der Waals surface area contributed by atoms with Crippen molar-refractivity contribution < 1.29 is 31.1 Å². The van der Waals surface area contributed by atoms with Crippen molar-refractivity contribution in [2.75, 3.05) is 5.32 Å². The maximum Gasteiger partial charge on any atom is 0.416 e. The molecule has 28 heavy (non-hydrogen) atoms. The molecule has 0 amide bonds. The summed E-state index contributed by atoms with van der Waals surface area (Å²) in [5.74, 6) is -5.26. The number of thiazole rings is 1. The molecular formula is C17H9ClF6N2OS. The first-order valence-electron chi connectivity index (χ1n) is 7.51. The number of hydrogen-bond donors (Lipinski definition) is 1. The van der Waals surface area contributed by atoms with Gasteiger partial charge in [0.2, 0.25) is 0 Å². The second kappa shape index (κ2) is 7.88. The summed E-state index contributed by atoms with van der Waals surface area (Å²) in [6, 6.07) is 3.52. The molecule has 2 aromatic carbocycles. The van der Waals surface area contributed by atoms with Gasteiger partial charge >= 0.3 is 6.18 Å². The molecule has 1 N–H and O–H groups in total. The largest absolute Gasteiger partial charge is 0.451 e. The molecule has 0 saturated heterocycles. The lowest BCUT2D eigenvalue weighted by atomic mass is 10.2. The Hall–Kier alpha value is -2.46. The number of nitrogens with one attached hydrogen (secondary N) is 1. The van der Waals surface area contributed by atoms with Gasteiger partial charge in [0.1, 0.15) is 11.6 Å². The van der Waals surface area contributed by atoms with E-state index in [2.05, 4.69) is 10.3 Å². The van der Waals surface area contributed by atoms with Gasteiger partial charge in [-0.3, -0.25) is 0 Å². The van der Waals surface area contributed by atoms with Gasteiger partial charge < -0.3 is 10.1 Å². The third kappa shape index (κ3) is 4.68. The van der Waals surface area contributed by atoms with E-state index in [1.165, 1.54) is 29.7 Å². The average Bonchev–Trinajstić information content (AvgIpc) is 3.01. The van der Waals surface area contributed by atoms with Crippen LogP contribution in [0.25, 0.3) is 0 Å². The summed E-state index contributed by atoms with van der Waals surface area (Å²) in [6.45, 7) is 0.240. The summed E-state index contributed by atoms with van der Waals surface area (Å²) in [4.78, 5) is 4.59. The Morgan fingerprint density at radius 2 is 1.71 bits per heavy atom. The number of anilines is 1. The van der Waals surface area contributed by atoms with Crippen LogP contribution in [-0.4, -0.2) is 4.98 Å². The molecule has 0 aliphatic heterocycles. The van der Waals surface area contributed by atoms with Gasteiger partial charge in [0.25, 0.3) is 0 Å². The predicted molar refractivity (Wildman–Crippen MR) is 92.3 cm³/mol. The molecule has 0 saturated carbocycles. The van der Waals surface area contributed by atoms with Gasteiger partial charge in [0, 0.05) is 17.1 Å². The van der Waals surface area contributed by atoms with Crippen molar-refractivity contribution in [2.45, 2.75) is 12.7 Å². The van der Waals surface area contributed by atoms with Crippen LogP contribution < -0.4 is 10.1 Å². The Bertz CT molecular complexity index is 985. The zero-order valence-corrected chi connectivity index (χ0v) is 15.2. The molecule has 0 aliphatic rings. The highest BCUT2D eigenvalue weighted by atomic mass is 35.5. The molecule has 148 valence electrons. The van der Waals surface area contributed by atoms with Crippen molar-refractivity contribution in [1.82, 2.24) is 4.98 Å². The maximum absolute atomic E-state index is 14.2. The van der Waals surface area contributed by atoms with Crippen LogP contribution >= 0.6 is 22.9 Å². The molecule has 3 rings (SSSR count). The fourth-order valence-electron chi connectivity index (χ4n) is 2.19. The summed E-state index contributed by atoms with van der Waals surface area (Å²) in [5.41, 5.74) is -1.42. The Morgan fingerprint density at radius 1 is 1.04 bits per heavy atom. The van der Waals surface area contributed by atoms with Crippen LogP contribution in [0.1, 0.15) is 10.4 Å². The molecule has 11 heteroatoms. The molecule has 0 aliphatic carbocycles. The molecule has 1 heterocycles. The third-order valence-corrected chi connectivity index (χ3v) is 4.58. The second-order valence-corrected chi connectivity index (χ2v) is 7.14. The minimum Gasteiger partial charge on any atom is -0.451 e. The Balaban J connectivity index is 1.75. The minimum atomic E-state index is -4.91. The Morgan fingerprint density at radius 3 is 2.25 bits per heavy atom. The van der Waals surface area contributed by atoms with Gasteiger partial charge in [-0.15, -0.1) is 11.3 Å². The van der Waals surface area contributed by atoms with Gasteiger partial charge in [-0.05, 0) is 24.3 Å². The molecule has 0 atom stereocenters. The van der Waals surface area contributed by atoms with Crippen molar-refractivity contribution in [3.63, 3.8) is 0 Å². The van der Waals surface area contributed by atoms with Gasteiger partial charge in [-0.2, -0.15) is 13.2 Å².